The van der Waals surface area contributed by atoms with Crippen molar-refractivity contribution in [2.45, 2.75) is 87.0 Å². The van der Waals surface area contributed by atoms with Crippen LogP contribution in [0, 0.1) is 23.7 Å². The molecule has 49 heavy (non-hydrogen) atoms. The quantitative estimate of drug-likeness (QED) is 0.251. The van der Waals surface area contributed by atoms with Gasteiger partial charge < -0.3 is 23.7 Å². The summed E-state index contributed by atoms with van der Waals surface area (Å²) in [5.41, 5.74) is 7.33. The molecule has 0 N–H and O–H groups in total. The average Bonchev–Trinajstić information content (AvgIpc) is 3.53. The third-order valence-corrected chi connectivity index (χ3v) is 15.5. The number of piperidine rings is 4. The summed E-state index contributed by atoms with van der Waals surface area (Å²) in [5, 5.41) is 1.42. The van der Waals surface area contributed by atoms with Gasteiger partial charge in [-0.1, -0.05) is 48.0 Å². The van der Waals surface area contributed by atoms with E-state index in [1.54, 1.807) is 12.7 Å². The van der Waals surface area contributed by atoms with Gasteiger partial charge in [-0.2, -0.15) is 0 Å². The zero-order valence-corrected chi connectivity index (χ0v) is 29.4. The molecule has 1 aromatic heterocycles. The highest BCUT2D eigenvalue weighted by Crippen LogP contribution is 2.72. The maximum atomic E-state index is 14.0. The highest BCUT2D eigenvalue weighted by atomic mass is 16.7. The monoisotopic (exact) mass is 660 g/mol. The lowest BCUT2D eigenvalue weighted by atomic mass is 9.52. The number of para-hydroxylation sites is 2. The van der Waals surface area contributed by atoms with Gasteiger partial charge in [0.05, 0.1) is 25.8 Å². The fraction of sp³-hybridized carbons (Fsp3) is 0.585. The molecule has 1 spiro atoms. The van der Waals surface area contributed by atoms with Crippen LogP contribution in [0.15, 0.2) is 60.2 Å². The van der Waals surface area contributed by atoms with E-state index >= 15 is 0 Å². The van der Waals surface area contributed by atoms with Gasteiger partial charge in [0.25, 0.3) is 0 Å². The van der Waals surface area contributed by atoms with Gasteiger partial charge in [-0.25, -0.2) is 4.79 Å². The number of benzene rings is 2. The van der Waals surface area contributed by atoms with Crippen LogP contribution in [0.25, 0.3) is 10.9 Å². The number of aromatic nitrogens is 1. The second-order valence-corrected chi connectivity index (χ2v) is 16.8. The topological polar surface area (TPSA) is 59.4 Å². The highest BCUT2D eigenvalue weighted by molar-refractivity contribution is 5.87. The minimum absolute atomic E-state index is 0.0975. The van der Waals surface area contributed by atoms with E-state index in [0.717, 1.165) is 50.9 Å². The largest absolute Gasteiger partial charge is 0.467 e. The summed E-state index contributed by atoms with van der Waals surface area (Å²) in [5.74, 6) is 0.357. The summed E-state index contributed by atoms with van der Waals surface area (Å²) < 4.78 is 23.3. The molecule has 0 radical (unpaired) electrons. The molecule has 9 heterocycles. The summed E-state index contributed by atoms with van der Waals surface area (Å²) in [6.45, 7) is 7.02. The number of rotatable bonds is 1. The number of likely N-dealkylation sites (N-methyl/N-ethyl adjacent to an activating group) is 1. The SMILES string of the molecule is C/C=C1/CN2CC[C@@]34CC5[C@@H]6C[C@@H]7c8c(c9ccccc9n8C)C[C@H](C6CO[C@@]5(C)O[C@@]35[C@@H]2C[C@@H]1[C@@H](C(=O)OC)N5c1ccccc14)N7C. The van der Waals surface area contributed by atoms with Gasteiger partial charge in [0.1, 0.15) is 6.04 Å². The van der Waals surface area contributed by atoms with E-state index in [9.17, 15) is 4.79 Å². The van der Waals surface area contributed by atoms with Crippen LogP contribution >= 0.6 is 0 Å². The van der Waals surface area contributed by atoms with Gasteiger partial charge in [-0.3, -0.25) is 9.80 Å². The number of methoxy groups -OCH3 is 1. The van der Waals surface area contributed by atoms with Crippen molar-refractivity contribution in [3.8, 4) is 0 Å². The van der Waals surface area contributed by atoms with Crippen molar-refractivity contribution in [2.75, 3.05) is 38.8 Å². The van der Waals surface area contributed by atoms with Crippen molar-refractivity contribution in [1.29, 1.82) is 0 Å². The van der Waals surface area contributed by atoms with Crippen LogP contribution in [0.3, 0.4) is 0 Å². The molecule has 8 heteroatoms. The molecular formula is C41H48N4O4. The molecule has 8 nitrogen and oxygen atoms in total. The molecule has 11 rings (SSSR count). The Morgan fingerprint density at radius 2 is 1.88 bits per heavy atom. The Balaban J connectivity index is 1.07. The third kappa shape index (κ3) is 3.26. The molecule has 2 aromatic carbocycles. The molecule has 8 aliphatic heterocycles. The molecule has 8 aliphatic rings. The molecule has 0 amide bonds. The number of aryl methyl sites for hydroxylation is 1. The van der Waals surface area contributed by atoms with Gasteiger partial charge >= 0.3 is 5.97 Å². The van der Waals surface area contributed by atoms with Crippen LogP contribution in [0.1, 0.15) is 62.4 Å². The van der Waals surface area contributed by atoms with E-state index in [0.29, 0.717) is 30.5 Å². The zero-order valence-electron chi connectivity index (χ0n) is 29.4. The van der Waals surface area contributed by atoms with E-state index < -0.39 is 17.6 Å². The lowest BCUT2D eigenvalue weighted by Gasteiger charge is -2.72. The van der Waals surface area contributed by atoms with Crippen molar-refractivity contribution in [2.24, 2.45) is 30.7 Å². The molecular weight excluding hydrogens is 612 g/mol. The molecule has 11 atom stereocenters. The molecule has 3 aromatic rings. The van der Waals surface area contributed by atoms with Crippen LogP contribution in [-0.4, -0.2) is 83.8 Å². The van der Waals surface area contributed by atoms with Gasteiger partial charge in [0, 0.05) is 71.6 Å². The number of anilines is 1. The molecule has 0 saturated carbocycles. The minimum Gasteiger partial charge on any atom is -0.467 e. The third-order valence-electron chi connectivity index (χ3n) is 15.5. The number of ether oxygens (including phenoxy) is 3. The number of allylic oxidation sites excluding steroid dienone is 1. The fourth-order valence-corrected chi connectivity index (χ4v) is 13.5. The van der Waals surface area contributed by atoms with Crippen LogP contribution in [0.2, 0.25) is 0 Å². The number of carbonyl (C=O) groups is 1. The Hall–Kier alpha value is -3.17. The first-order chi connectivity index (χ1) is 23.8. The fourth-order valence-electron chi connectivity index (χ4n) is 13.5. The second-order valence-electron chi connectivity index (χ2n) is 16.8. The normalized spacial score (nSPS) is 43.8. The Labute approximate surface area is 288 Å². The van der Waals surface area contributed by atoms with E-state index in [-0.39, 0.29) is 29.3 Å². The van der Waals surface area contributed by atoms with Gasteiger partial charge in [-0.05, 0) is 82.2 Å². The first kappa shape index (κ1) is 29.5. The Morgan fingerprint density at radius 3 is 2.71 bits per heavy atom. The molecule has 6 fully saturated rings. The number of hydrogen-bond donors (Lipinski definition) is 0. The van der Waals surface area contributed by atoms with Crippen LogP contribution in [0.4, 0.5) is 5.69 Å². The molecule has 6 saturated heterocycles. The number of esters is 1. The average molecular weight is 661 g/mol. The molecule has 0 aliphatic carbocycles. The van der Waals surface area contributed by atoms with Gasteiger partial charge in [-0.15, -0.1) is 0 Å². The molecule has 2 unspecified atom stereocenters. The van der Waals surface area contributed by atoms with E-state index in [1.807, 2.05) is 0 Å². The van der Waals surface area contributed by atoms with Crippen molar-refractivity contribution in [1.82, 2.24) is 14.4 Å². The maximum absolute atomic E-state index is 14.0. The summed E-state index contributed by atoms with van der Waals surface area (Å²) in [6.07, 6.45) is 7.36. The lowest BCUT2D eigenvalue weighted by molar-refractivity contribution is -0.401. The highest BCUT2D eigenvalue weighted by Gasteiger charge is 2.80. The molecule has 4 bridgehead atoms. The summed E-state index contributed by atoms with van der Waals surface area (Å²) in [7, 11) is 6.19. The van der Waals surface area contributed by atoms with Crippen LogP contribution in [-0.2, 0) is 37.9 Å². The van der Waals surface area contributed by atoms with Crippen LogP contribution < -0.4 is 4.90 Å². The predicted molar refractivity (Wildman–Crippen MR) is 187 cm³/mol. The standard InChI is InChI=1S/C41H48N4O4/c1-6-23-21-44-16-15-40-20-30-26-17-34-36-27(24-11-7-9-13-31(24)43(36)4)18-33(42(34)3)28(26)22-48-39(30,2)49-41(40)35(44)19-25(23)37(38(46)47-5)45(41)32-14-10-8-12-29(32)40/h6-14,25-26,28,30,33-35,37H,15-22H2,1-5H3/b23-6-/t25-,26+,28?,30?,33+,34+,35-,37-,39-,40-,41-/m0/s1. The minimum atomic E-state index is -0.756. The summed E-state index contributed by atoms with van der Waals surface area (Å²) >= 11 is 0. The van der Waals surface area contributed by atoms with Crippen molar-refractivity contribution in [3.63, 3.8) is 0 Å². The number of fused-ring (bicyclic) bond motifs is 13. The zero-order chi connectivity index (χ0) is 33.2. The maximum Gasteiger partial charge on any atom is 0.329 e. The van der Waals surface area contributed by atoms with E-state index in [2.05, 4.69) is 102 Å². The Kier molecular flexibility index (Phi) is 5.78. The number of carbonyl (C=O) groups excluding carboxylic acids is 1. The van der Waals surface area contributed by atoms with Crippen molar-refractivity contribution in [3.05, 3.63) is 77.0 Å². The van der Waals surface area contributed by atoms with Gasteiger partial charge in [0.15, 0.2) is 11.5 Å². The van der Waals surface area contributed by atoms with Crippen LogP contribution in [0.5, 0.6) is 0 Å². The summed E-state index contributed by atoms with van der Waals surface area (Å²) in [6, 6.07) is 18.5. The number of nitrogens with zero attached hydrogens (tertiary/aromatic N) is 4. The Bertz CT molecular complexity index is 1970. The lowest BCUT2D eigenvalue weighted by Crippen LogP contribution is -2.85. The van der Waals surface area contributed by atoms with E-state index in [4.69, 9.17) is 14.2 Å². The first-order valence-electron chi connectivity index (χ1n) is 18.7. The summed E-state index contributed by atoms with van der Waals surface area (Å²) in [4.78, 5) is 21.8. The second kappa shape index (κ2) is 9.58. The van der Waals surface area contributed by atoms with Crippen molar-refractivity contribution >= 4 is 22.6 Å². The first-order valence-corrected chi connectivity index (χ1v) is 18.7. The van der Waals surface area contributed by atoms with Crippen molar-refractivity contribution < 1.29 is 19.0 Å². The number of hydrogen-bond acceptors (Lipinski definition) is 7. The predicted octanol–water partition coefficient (Wildman–Crippen LogP) is 5.54. The smallest absolute Gasteiger partial charge is 0.329 e. The van der Waals surface area contributed by atoms with Gasteiger partial charge in [0.2, 0.25) is 0 Å². The Morgan fingerprint density at radius 1 is 1.06 bits per heavy atom. The molecule has 256 valence electrons. The van der Waals surface area contributed by atoms with E-state index in [1.165, 1.54) is 27.7 Å².